The van der Waals surface area contributed by atoms with E-state index in [9.17, 15) is 8.78 Å². The van der Waals surface area contributed by atoms with E-state index in [1.54, 1.807) is 6.92 Å². The summed E-state index contributed by atoms with van der Waals surface area (Å²) in [6, 6.07) is 27.1. The van der Waals surface area contributed by atoms with Gasteiger partial charge in [0, 0.05) is 24.0 Å². The summed E-state index contributed by atoms with van der Waals surface area (Å²) in [6.45, 7) is 1.72. The van der Waals surface area contributed by atoms with E-state index in [0.29, 0.717) is 23.4 Å². The third-order valence-corrected chi connectivity index (χ3v) is 5.30. The molecule has 4 aromatic rings. The van der Waals surface area contributed by atoms with Crippen LogP contribution in [-0.2, 0) is 12.8 Å². The quantitative estimate of drug-likeness (QED) is 0.328. The third kappa shape index (κ3) is 4.65. The van der Waals surface area contributed by atoms with Crippen molar-refractivity contribution in [3.63, 3.8) is 0 Å². The van der Waals surface area contributed by atoms with Gasteiger partial charge in [-0.15, -0.1) is 0 Å². The van der Waals surface area contributed by atoms with E-state index in [4.69, 9.17) is 4.52 Å². The molecule has 0 N–H and O–H groups in total. The highest BCUT2D eigenvalue weighted by molar-refractivity contribution is 5.69. The second kappa shape index (κ2) is 8.62. The molecule has 0 atom stereocenters. The van der Waals surface area contributed by atoms with Gasteiger partial charge in [0.1, 0.15) is 0 Å². The standard InChI is InChI=1S/C26H23F2NO/c1-19-24(18-26(27,28)17-16-20-8-4-2-5-9-20)25(30-29-19)23-14-12-22(13-15-23)21-10-6-3-7-11-21/h2-15H,16-18H2,1H3. The Balaban J connectivity index is 1.52. The Hall–Kier alpha value is -3.27. The zero-order valence-corrected chi connectivity index (χ0v) is 16.8. The van der Waals surface area contributed by atoms with Crippen molar-refractivity contribution in [3.8, 4) is 22.5 Å². The largest absolute Gasteiger partial charge is 0.356 e. The highest BCUT2D eigenvalue weighted by Gasteiger charge is 2.32. The summed E-state index contributed by atoms with van der Waals surface area (Å²) in [7, 11) is 0. The van der Waals surface area contributed by atoms with Gasteiger partial charge in [0.05, 0.1) is 5.69 Å². The maximum absolute atomic E-state index is 14.8. The summed E-state index contributed by atoms with van der Waals surface area (Å²) in [5, 5.41) is 3.97. The molecule has 1 heterocycles. The minimum Gasteiger partial charge on any atom is -0.356 e. The van der Waals surface area contributed by atoms with Crippen LogP contribution < -0.4 is 0 Å². The number of halogens is 2. The molecule has 4 rings (SSSR count). The Morgan fingerprint density at radius 3 is 2.00 bits per heavy atom. The molecule has 0 aliphatic rings. The fourth-order valence-electron chi connectivity index (χ4n) is 3.59. The second-order valence-electron chi connectivity index (χ2n) is 7.54. The van der Waals surface area contributed by atoms with E-state index in [1.807, 2.05) is 84.9 Å². The maximum Gasteiger partial charge on any atom is 0.252 e. The van der Waals surface area contributed by atoms with Gasteiger partial charge < -0.3 is 4.52 Å². The predicted octanol–water partition coefficient (Wildman–Crippen LogP) is 7.13. The van der Waals surface area contributed by atoms with Crippen LogP contribution in [0.4, 0.5) is 8.78 Å². The maximum atomic E-state index is 14.8. The zero-order valence-electron chi connectivity index (χ0n) is 16.8. The van der Waals surface area contributed by atoms with Crippen LogP contribution in [0.1, 0.15) is 23.2 Å². The lowest BCUT2D eigenvalue weighted by molar-refractivity contribution is -0.00688. The molecule has 0 aliphatic heterocycles. The van der Waals surface area contributed by atoms with E-state index in [1.165, 1.54) is 0 Å². The van der Waals surface area contributed by atoms with E-state index in [-0.39, 0.29) is 12.8 Å². The van der Waals surface area contributed by atoms with Crippen molar-refractivity contribution < 1.29 is 13.3 Å². The molecule has 0 bridgehead atoms. The first-order chi connectivity index (χ1) is 14.5. The van der Waals surface area contributed by atoms with Crippen molar-refractivity contribution in [2.75, 3.05) is 0 Å². The molecule has 1 aromatic heterocycles. The molecule has 0 unspecified atom stereocenters. The van der Waals surface area contributed by atoms with Crippen molar-refractivity contribution in [1.82, 2.24) is 5.16 Å². The fraction of sp³-hybridized carbons (Fsp3) is 0.192. The molecule has 0 radical (unpaired) electrons. The smallest absolute Gasteiger partial charge is 0.252 e. The molecule has 0 saturated carbocycles. The van der Waals surface area contributed by atoms with Gasteiger partial charge >= 0.3 is 0 Å². The van der Waals surface area contributed by atoms with Crippen LogP contribution in [0.15, 0.2) is 89.5 Å². The molecular formula is C26H23F2NO. The minimum absolute atomic E-state index is 0.214. The van der Waals surface area contributed by atoms with Crippen LogP contribution in [0.2, 0.25) is 0 Å². The zero-order chi connectivity index (χ0) is 21.0. The lowest BCUT2D eigenvalue weighted by Gasteiger charge is -2.16. The van der Waals surface area contributed by atoms with Crippen molar-refractivity contribution in [3.05, 3.63) is 102 Å². The van der Waals surface area contributed by atoms with Crippen molar-refractivity contribution in [1.29, 1.82) is 0 Å². The van der Waals surface area contributed by atoms with Crippen molar-refractivity contribution >= 4 is 0 Å². The van der Waals surface area contributed by atoms with Crippen LogP contribution in [0.3, 0.4) is 0 Å². The van der Waals surface area contributed by atoms with Crippen molar-refractivity contribution in [2.45, 2.75) is 32.1 Å². The normalized spacial score (nSPS) is 11.6. The van der Waals surface area contributed by atoms with Crippen LogP contribution in [0.25, 0.3) is 22.5 Å². The van der Waals surface area contributed by atoms with Gasteiger partial charge in [0.15, 0.2) is 5.76 Å². The molecule has 4 heteroatoms. The molecule has 0 aliphatic carbocycles. The van der Waals surface area contributed by atoms with Gasteiger partial charge in [-0.05, 0) is 30.0 Å². The number of nitrogens with zero attached hydrogens (tertiary/aromatic N) is 1. The average molecular weight is 403 g/mol. The number of aryl methyl sites for hydroxylation is 2. The number of benzene rings is 3. The summed E-state index contributed by atoms with van der Waals surface area (Å²) in [4.78, 5) is 0. The lowest BCUT2D eigenvalue weighted by atomic mass is 9.96. The van der Waals surface area contributed by atoms with Gasteiger partial charge in [-0.1, -0.05) is 90.1 Å². The van der Waals surface area contributed by atoms with Gasteiger partial charge in [0.25, 0.3) is 5.92 Å². The molecule has 0 spiro atoms. The highest BCUT2D eigenvalue weighted by Crippen LogP contribution is 2.34. The molecule has 0 saturated heterocycles. The van der Waals surface area contributed by atoms with E-state index < -0.39 is 5.92 Å². The Labute approximate surface area is 175 Å². The molecule has 0 fully saturated rings. The van der Waals surface area contributed by atoms with E-state index >= 15 is 0 Å². The summed E-state index contributed by atoms with van der Waals surface area (Å²) in [6.07, 6.45) is -0.266. The number of hydrogen-bond donors (Lipinski definition) is 0. The fourth-order valence-corrected chi connectivity index (χ4v) is 3.59. The Morgan fingerprint density at radius 2 is 1.33 bits per heavy atom. The van der Waals surface area contributed by atoms with E-state index in [0.717, 1.165) is 22.3 Å². The number of hydrogen-bond acceptors (Lipinski definition) is 2. The first-order valence-corrected chi connectivity index (χ1v) is 10.0. The number of alkyl halides is 2. The van der Waals surface area contributed by atoms with Gasteiger partial charge in [-0.3, -0.25) is 0 Å². The minimum atomic E-state index is -2.84. The van der Waals surface area contributed by atoms with Crippen LogP contribution >= 0.6 is 0 Å². The third-order valence-electron chi connectivity index (χ3n) is 5.30. The van der Waals surface area contributed by atoms with Crippen molar-refractivity contribution in [2.24, 2.45) is 0 Å². The Bertz CT molecular complexity index is 1090. The summed E-state index contributed by atoms with van der Waals surface area (Å²) >= 11 is 0. The summed E-state index contributed by atoms with van der Waals surface area (Å²) in [5.41, 5.74) is 4.81. The number of rotatable bonds is 7. The molecule has 30 heavy (non-hydrogen) atoms. The lowest BCUT2D eigenvalue weighted by Crippen LogP contribution is -2.21. The SMILES string of the molecule is Cc1noc(-c2ccc(-c3ccccc3)cc2)c1CC(F)(F)CCc1ccccc1. The molecular weight excluding hydrogens is 380 g/mol. The van der Waals surface area contributed by atoms with Crippen LogP contribution in [0, 0.1) is 6.92 Å². The van der Waals surface area contributed by atoms with E-state index in [2.05, 4.69) is 5.16 Å². The Kier molecular flexibility index (Phi) is 5.75. The number of aromatic nitrogens is 1. The first kappa shape index (κ1) is 20.0. The summed E-state index contributed by atoms with van der Waals surface area (Å²) in [5.74, 6) is -2.42. The van der Waals surface area contributed by atoms with Crippen LogP contribution in [-0.4, -0.2) is 11.1 Å². The highest BCUT2D eigenvalue weighted by atomic mass is 19.3. The summed E-state index contributed by atoms with van der Waals surface area (Å²) < 4.78 is 35.0. The topological polar surface area (TPSA) is 26.0 Å². The second-order valence-corrected chi connectivity index (χ2v) is 7.54. The monoisotopic (exact) mass is 403 g/mol. The van der Waals surface area contributed by atoms with Gasteiger partial charge in [-0.25, -0.2) is 8.78 Å². The molecule has 3 aromatic carbocycles. The van der Waals surface area contributed by atoms with Gasteiger partial charge in [0.2, 0.25) is 0 Å². The average Bonchev–Trinajstić information content (AvgIpc) is 3.13. The van der Waals surface area contributed by atoms with Crippen LogP contribution in [0.5, 0.6) is 0 Å². The molecule has 0 amide bonds. The van der Waals surface area contributed by atoms with Gasteiger partial charge in [-0.2, -0.15) is 0 Å². The Morgan fingerprint density at radius 1 is 0.767 bits per heavy atom. The first-order valence-electron chi connectivity index (χ1n) is 10.0. The molecule has 152 valence electrons. The molecule has 2 nitrogen and oxygen atoms in total. The predicted molar refractivity (Wildman–Crippen MR) is 116 cm³/mol.